The molecule has 3 aromatic heterocycles. The summed E-state index contributed by atoms with van der Waals surface area (Å²) in [4.78, 5) is 25.8. The Labute approximate surface area is 187 Å². The number of piperidine rings is 2. The molecule has 0 aliphatic carbocycles. The third-order valence-corrected chi connectivity index (χ3v) is 6.86. The summed E-state index contributed by atoms with van der Waals surface area (Å²) in [6, 6.07) is 9.06. The molecule has 0 radical (unpaired) electrons. The van der Waals surface area contributed by atoms with E-state index in [9.17, 15) is 4.79 Å². The highest BCUT2D eigenvalue weighted by Crippen LogP contribution is 2.38. The largest absolute Gasteiger partial charge is 0.369 e. The van der Waals surface area contributed by atoms with Gasteiger partial charge in [-0.3, -0.25) is 19.8 Å². The molecule has 2 atom stereocenters. The van der Waals surface area contributed by atoms with E-state index in [1.165, 1.54) is 6.42 Å². The van der Waals surface area contributed by atoms with Crippen LogP contribution < -0.4 is 16.0 Å². The lowest BCUT2D eigenvalue weighted by atomic mass is 9.81. The zero-order valence-corrected chi connectivity index (χ0v) is 18.6. The Morgan fingerprint density at radius 2 is 2.06 bits per heavy atom. The number of carbonyl (C=O) groups is 1. The van der Waals surface area contributed by atoms with E-state index < -0.39 is 0 Å². The van der Waals surface area contributed by atoms with Crippen LogP contribution in [0.5, 0.6) is 0 Å². The summed E-state index contributed by atoms with van der Waals surface area (Å²) in [6.45, 7) is 2.33. The highest BCUT2D eigenvalue weighted by molar-refractivity contribution is 5.92. The highest BCUT2D eigenvalue weighted by atomic mass is 16.1. The van der Waals surface area contributed by atoms with Gasteiger partial charge in [0.2, 0.25) is 5.91 Å². The first kappa shape index (κ1) is 20.7. The molecule has 9 nitrogen and oxygen atoms in total. The van der Waals surface area contributed by atoms with Gasteiger partial charge in [0.25, 0.3) is 0 Å². The number of aryl methyl sites for hydroxylation is 1. The Kier molecular flexibility index (Phi) is 5.42. The zero-order valence-electron chi connectivity index (χ0n) is 18.6. The van der Waals surface area contributed by atoms with Crippen molar-refractivity contribution in [2.24, 2.45) is 5.73 Å². The number of H-pyrrole nitrogens is 1. The predicted octanol–water partition coefficient (Wildman–Crippen LogP) is 2.71. The van der Waals surface area contributed by atoms with E-state index in [0.29, 0.717) is 24.7 Å². The molecule has 1 amide bonds. The number of rotatable bonds is 6. The van der Waals surface area contributed by atoms with Gasteiger partial charge < -0.3 is 16.0 Å². The lowest BCUT2D eigenvalue weighted by molar-refractivity contribution is -0.121. The van der Waals surface area contributed by atoms with Gasteiger partial charge in [-0.15, -0.1) is 0 Å². The number of hydrogen-bond donors (Lipinski definition) is 3. The molecule has 5 rings (SSSR count). The number of carbonyl (C=O) groups excluding carboxylic acids is 1. The van der Waals surface area contributed by atoms with Gasteiger partial charge in [0.15, 0.2) is 5.82 Å². The summed E-state index contributed by atoms with van der Waals surface area (Å²) in [7, 11) is 2.13. The SMILES string of the molecule is Cc1cc(Nc2cc3ncccc3c(N(C)C3CC4CCCC(C3)N4CC(N)=O)n2)n[nH]1. The van der Waals surface area contributed by atoms with Crippen LogP contribution in [-0.2, 0) is 4.79 Å². The minimum atomic E-state index is -0.236. The van der Waals surface area contributed by atoms with Crippen molar-refractivity contribution in [1.29, 1.82) is 0 Å². The smallest absolute Gasteiger partial charge is 0.231 e. The fourth-order valence-corrected chi connectivity index (χ4v) is 5.38. The standard InChI is InChI=1S/C23H30N8O/c1-14-9-22(29-28-14)26-21-12-19-18(7-4-8-25-19)23(27-21)30(2)17-10-15-5-3-6-16(11-17)31(15)13-20(24)32/h4,7-9,12,15-17H,3,5-6,10-11,13H2,1-2H3,(H2,24,32)(H2,26,27,28,29). The van der Waals surface area contributed by atoms with Crippen molar-refractivity contribution < 1.29 is 4.79 Å². The molecule has 0 saturated carbocycles. The van der Waals surface area contributed by atoms with Crippen molar-refractivity contribution in [3.8, 4) is 0 Å². The average molecular weight is 435 g/mol. The summed E-state index contributed by atoms with van der Waals surface area (Å²) < 4.78 is 0. The number of primary amides is 1. The monoisotopic (exact) mass is 434 g/mol. The molecule has 0 spiro atoms. The summed E-state index contributed by atoms with van der Waals surface area (Å²) in [5, 5.41) is 11.6. The van der Waals surface area contributed by atoms with Crippen LogP contribution in [0.2, 0.25) is 0 Å². The molecule has 2 unspecified atom stereocenters. The van der Waals surface area contributed by atoms with Crippen LogP contribution in [0.15, 0.2) is 30.5 Å². The van der Waals surface area contributed by atoms with Crippen molar-refractivity contribution in [1.82, 2.24) is 25.1 Å². The van der Waals surface area contributed by atoms with Crippen LogP contribution in [0.1, 0.15) is 37.8 Å². The minimum Gasteiger partial charge on any atom is -0.369 e. The Balaban J connectivity index is 1.45. The molecule has 2 fully saturated rings. The molecular formula is C23H30N8O. The van der Waals surface area contributed by atoms with E-state index in [1.54, 1.807) is 6.20 Å². The molecule has 168 valence electrons. The average Bonchev–Trinajstić information content (AvgIpc) is 3.16. The van der Waals surface area contributed by atoms with Gasteiger partial charge in [-0.2, -0.15) is 5.10 Å². The molecule has 2 aliphatic rings. The predicted molar refractivity (Wildman–Crippen MR) is 125 cm³/mol. The molecule has 2 saturated heterocycles. The molecule has 32 heavy (non-hydrogen) atoms. The molecule has 5 heterocycles. The fourth-order valence-electron chi connectivity index (χ4n) is 5.38. The Hall–Kier alpha value is -3.20. The zero-order chi connectivity index (χ0) is 22.2. The fraction of sp³-hybridized carbons (Fsp3) is 0.478. The second-order valence-corrected chi connectivity index (χ2v) is 9.08. The van der Waals surface area contributed by atoms with Crippen LogP contribution in [0.3, 0.4) is 0 Å². The quantitative estimate of drug-likeness (QED) is 0.546. The maximum absolute atomic E-state index is 11.6. The van der Waals surface area contributed by atoms with Crippen molar-refractivity contribution in [2.45, 2.75) is 57.2 Å². The molecule has 2 bridgehead atoms. The number of nitrogens with one attached hydrogen (secondary N) is 2. The first-order valence-electron chi connectivity index (χ1n) is 11.3. The van der Waals surface area contributed by atoms with E-state index in [4.69, 9.17) is 10.7 Å². The Morgan fingerprint density at radius 3 is 2.75 bits per heavy atom. The third-order valence-electron chi connectivity index (χ3n) is 6.86. The van der Waals surface area contributed by atoms with Gasteiger partial charge in [0, 0.05) is 54.6 Å². The van der Waals surface area contributed by atoms with Gasteiger partial charge >= 0.3 is 0 Å². The number of hydrogen-bond acceptors (Lipinski definition) is 7. The summed E-state index contributed by atoms with van der Waals surface area (Å²) >= 11 is 0. The summed E-state index contributed by atoms with van der Waals surface area (Å²) in [5.74, 6) is 2.13. The lowest BCUT2D eigenvalue weighted by Gasteiger charge is -2.50. The molecular weight excluding hydrogens is 404 g/mol. The summed E-state index contributed by atoms with van der Waals surface area (Å²) in [5.41, 5.74) is 7.41. The second kappa shape index (κ2) is 8.38. The normalized spacial score (nSPS) is 23.2. The minimum absolute atomic E-state index is 0.236. The van der Waals surface area contributed by atoms with Crippen LogP contribution in [-0.4, -0.2) is 62.7 Å². The van der Waals surface area contributed by atoms with E-state index in [1.807, 2.05) is 25.1 Å². The first-order valence-corrected chi connectivity index (χ1v) is 11.3. The maximum atomic E-state index is 11.6. The van der Waals surface area contributed by atoms with Crippen LogP contribution >= 0.6 is 0 Å². The second-order valence-electron chi connectivity index (χ2n) is 9.08. The van der Waals surface area contributed by atoms with Crippen molar-refractivity contribution >= 4 is 34.3 Å². The summed E-state index contributed by atoms with van der Waals surface area (Å²) in [6.07, 6.45) is 7.25. The number of anilines is 3. The number of amides is 1. The van der Waals surface area contributed by atoms with Crippen molar-refractivity contribution in [3.05, 3.63) is 36.2 Å². The number of pyridine rings is 2. The number of aromatic amines is 1. The van der Waals surface area contributed by atoms with Crippen LogP contribution in [0, 0.1) is 6.92 Å². The van der Waals surface area contributed by atoms with Crippen LogP contribution in [0.25, 0.3) is 10.9 Å². The van der Waals surface area contributed by atoms with Gasteiger partial charge in [0.1, 0.15) is 11.6 Å². The van der Waals surface area contributed by atoms with Gasteiger partial charge in [0.05, 0.1) is 12.1 Å². The third kappa shape index (κ3) is 4.00. The maximum Gasteiger partial charge on any atom is 0.231 e. The van der Waals surface area contributed by atoms with Crippen molar-refractivity contribution in [3.63, 3.8) is 0 Å². The van der Waals surface area contributed by atoms with E-state index in [0.717, 1.165) is 59.7 Å². The number of nitrogens with two attached hydrogens (primary N) is 1. The molecule has 4 N–H and O–H groups in total. The van der Waals surface area contributed by atoms with E-state index in [2.05, 4.69) is 43.4 Å². The topological polar surface area (TPSA) is 116 Å². The molecule has 9 heteroatoms. The van der Waals surface area contributed by atoms with Crippen LogP contribution in [0.4, 0.5) is 17.5 Å². The van der Waals surface area contributed by atoms with Gasteiger partial charge in [-0.05, 0) is 44.7 Å². The lowest BCUT2D eigenvalue weighted by Crippen LogP contribution is -2.58. The van der Waals surface area contributed by atoms with Crippen molar-refractivity contribution in [2.75, 3.05) is 23.8 Å². The number of nitrogens with zero attached hydrogens (tertiary/aromatic N) is 5. The number of fused-ring (bicyclic) bond motifs is 3. The number of aromatic nitrogens is 4. The molecule has 2 aliphatic heterocycles. The highest BCUT2D eigenvalue weighted by Gasteiger charge is 2.40. The van der Waals surface area contributed by atoms with Gasteiger partial charge in [-0.1, -0.05) is 6.42 Å². The Bertz CT molecular complexity index is 1110. The first-order chi connectivity index (χ1) is 15.5. The Morgan fingerprint density at radius 1 is 1.28 bits per heavy atom. The molecule has 0 aromatic carbocycles. The van der Waals surface area contributed by atoms with E-state index in [-0.39, 0.29) is 5.91 Å². The van der Waals surface area contributed by atoms with E-state index >= 15 is 0 Å². The van der Waals surface area contributed by atoms with Gasteiger partial charge in [-0.25, -0.2) is 4.98 Å². The molecule has 3 aromatic rings.